The molecule has 1 aromatic carbocycles. The zero-order valence-corrected chi connectivity index (χ0v) is 13.0. The maximum atomic E-state index is 7.54. The van der Waals surface area contributed by atoms with Crippen LogP contribution in [0.4, 0.5) is 0 Å². The number of hydrogen-bond donors (Lipinski definition) is 2. The molecular formula is C16H25ClN2O. The molecule has 20 heavy (non-hydrogen) atoms. The van der Waals surface area contributed by atoms with E-state index in [1.54, 1.807) is 6.07 Å². The normalized spacial score (nSPS) is 10.5. The number of nitrogen functional groups attached to an aromatic ring is 1. The first-order chi connectivity index (χ1) is 9.66. The number of nitrogens with two attached hydrogens (primary N) is 1. The Bertz CT molecular complexity index is 421. The van der Waals surface area contributed by atoms with Crippen molar-refractivity contribution in [2.24, 2.45) is 5.73 Å². The summed E-state index contributed by atoms with van der Waals surface area (Å²) in [6.07, 6.45) is 8.73. The summed E-state index contributed by atoms with van der Waals surface area (Å²) in [7, 11) is 0. The highest BCUT2D eigenvalue weighted by atomic mass is 35.5. The number of rotatable bonds is 10. The number of nitrogens with one attached hydrogen (secondary N) is 1. The van der Waals surface area contributed by atoms with E-state index in [1.807, 2.05) is 12.1 Å². The Kier molecular flexibility index (Phi) is 8.12. The van der Waals surface area contributed by atoms with Crippen molar-refractivity contribution in [1.82, 2.24) is 0 Å². The van der Waals surface area contributed by atoms with E-state index in [4.69, 9.17) is 27.5 Å². The van der Waals surface area contributed by atoms with Crippen molar-refractivity contribution in [2.75, 3.05) is 6.61 Å². The second kappa shape index (κ2) is 9.65. The number of hydrogen-bond acceptors (Lipinski definition) is 2. The first-order valence-corrected chi connectivity index (χ1v) is 7.80. The zero-order chi connectivity index (χ0) is 14.8. The van der Waals surface area contributed by atoms with Gasteiger partial charge in [-0.2, -0.15) is 0 Å². The van der Waals surface area contributed by atoms with Gasteiger partial charge in [0.05, 0.1) is 17.2 Å². The van der Waals surface area contributed by atoms with E-state index < -0.39 is 0 Å². The van der Waals surface area contributed by atoms with E-state index in [0.717, 1.165) is 6.42 Å². The molecule has 0 saturated carbocycles. The topological polar surface area (TPSA) is 59.1 Å². The number of unbranched alkanes of at least 4 members (excludes halogenated alkanes) is 6. The van der Waals surface area contributed by atoms with Gasteiger partial charge in [-0.05, 0) is 18.6 Å². The van der Waals surface area contributed by atoms with Crippen molar-refractivity contribution in [1.29, 1.82) is 5.41 Å². The van der Waals surface area contributed by atoms with Crippen molar-refractivity contribution < 1.29 is 4.74 Å². The fourth-order valence-corrected chi connectivity index (χ4v) is 2.39. The van der Waals surface area contributed by atoms with Gasteiger partial charge in [0.15, 0.2) is 0 Å². The summed E-state index contributed by atoms with van der Waals surface area (Å²) in [6, 6.07) is 5.34. The second-order valence-corrected chi connectivity index (χ2v) is 5.40. The summed E-state index contributed by atoms with van der Waals surface area (Å²) >= 11 is 6.03. The summed E-state index contributed by atoms with van der Waals surface area (Å²) < 4.78 is 5.70. The molecule has 112 valence electrons. The minimum Gasteiger partial charge on any atom is -0.493 e. The van der Waals surface area contributed by atoms with Gasteiger partial charge < -0.3 is 10.5 Å². The van der Waals surface area contributed by atoms with Gasteiger partial charge in [-0.15, -0.1) is 0 Å². The van der Waals surface area contributed by atoms with Gasteiger partial charge >= 0.3 is 0 Å². The highest BCUT2D eigenvalue weighted by molar-refractivity contribution is 6.34. The van der Waals surface area contributed by atoms with Crippen LogP contribution in [0.1, 0.15) is 57.4 Å². The standard InChI is InChI=1S/C16H25ClN2O/c1-2-3-4-5-6-7-8-12-20-14-11-9-10-13(17)15(14)16(18)19/h9-11H,2-8,12H2,1H3,(H3,18,19). The molecule has 0 aliphatic carbocycles. The predicted octanol–water partition coefficient (Wildman–Crippen LogP) is 4.75. The highest BCUT2D eigenvalue weighted by Gasteiger charge is 2.10. The van der Waals surface area contributed by atoms with E-state index in [1.165, 1.54) is 38.5 Å². The van der Waals surface area contributed by atoms with Crippen LogP contribution < -0.4 is 10.5 Å². The van der Waals surface area contributed by atoms with Crippen molar-refractivity contribution >= 4 is 17.4 Å². The van der Waals surface area contributed by atoms with E-state index in [2.05, 4.69) is 6.92 Å². The summed E-state index contributed by atoms with van der Waals surface area (Å²) in [5, 5.41) is 8.01. The average Bonchev–Trinajstić information content (AvgIpc) is 2.41. The molecule has 0 spiro atoms. The van der Waals surface area contributed by atoms with Crippen molar-refractivity contribution in [3.8, 4) is 5.75 Å². The summed E-state index contributed by atoms with van der Waals surface area (Å²) in [5.41, 5.74) is 6.03. The molecule has 1 aromatic rings. The molecule has 0 saturated heterocycles. The lowest BCUT2D eigenvalue weighted by molar-refractivity contribution is 0.304. The lowest BCUT2D eigenvalue weighted by Crippen LogP contribution is -2.14. The Morgan fingerprint density at radius 1 is 1.15 bits per heavy atom. The van der Waals surface area contributed by atoms with Gasteiger partial charge in [-0.1, -0.05) is 63.1 Å². The largest absolute Gasteiger partial charge is 0.493 e. The van der Waals surface area contributed by atoms with Crippen molar-refractivity contribution in [2.45, 2.75) is 51.9 Å². The van der Waals surface area contributed by atoms with Gasteiger partial charge in [-0.3, -0.25) is 5.41 Å². The van der Waals surface area contributed by atoms with E-state index in [0.29, 0.717) is 22.9 Å². The number of benzene rings is 1. The second-order valence-electron chi connectivity index (χ2n) is 5.00. The van der Waals surface area contributed by atoms with E-state index in [9.17, 15) is 0 Å². The Balaban J connectivity index is 2.29. The van der Waals surface area contributed by atoms with Gasteiger partial charge in [0, 0.05) is 0 Å². The van der Waals surface area contributed by atoms with E-state index >= 15 is 0 Å². The first kappa shape index (κ1) is 16.8. The third-order valence-electron chi connectivity index (χ3n) is 3.25. The molecule has 0 bridgehead atoms. The van der Waals surface area contributed by atoms with Crippen LogP contribution in [0.3, 0.4) is 0 Å². The van der Waals surface area contributed by atoms with Crippen LogP contribution in [-0.2, 0) is 0 Å². The fourth-order valence-electron chi connectivity index (χ4n) is 2.13. The average molecular weight is 297 g/mol. The Morgan fingerprint density at radius 3 is 2.45 bits per heavy atom. The first-order valence-electron chi connectivity index (χ1n) is 7.42. The van der Waals surface area contributed by atoms with Crippen LogP contribution >= 0.6 is 11.6 Å². The van der Waals surface area contributed by atoms with Gasteiger partial charge in [0.2, 0.25) is 0 Å². The molecule has 0 heterocycles. The molecule has 0 radical (unpaired) electrons. The third-order valence-corrected chi connectivity index (χ3v) is 3.57. The smallest absolute Gasteiger partial charge is 0.131 e. The van der Waals surface area contributed by atoms with Crippen LogP contribution in [-0.4, -0.2) is 12.4 Å². The summed E-state index contributed by atoms with van der Waals surface area (Å²) in [4.78, 5) is 0. The number of halogens is 1. The molecule has 4 heteroatoms. The summed E-state index contributed by atoms with van der Waals surface area (Å²) in [6.45, 7) is 2.87. The van der Waals surface area contributed by atoms with Crippen LogP contribution in [0.2, 0.25) is 5.02 Å². The third kappa shape index (κ3) is 5.83. The van der Waals surface area contributed by atoms with Gasteiger partial charge in [-0.25, -0.2) is 0 Å². The maximum Gasteiger partial charge on any atom is 0.131 e. The monoisotopic (exact) mass is 296 g/mol. The SMILES string of the molecule is CCCCCCCCCOc1cccc(Cl)c1C(=N)N. The molecule has 0 unspecified atom stereocenters. The molecule has 0 aliphatic heterocycles. The van der Waals surface area contributed by atoms with Gasteiger partial charge in [0.25, 0.3) is 0 Å². The molecule has 3 N–H and O–H groups in total. The quantitative estimate of drug-likeness (QED) is 0.372. The minimum absolute atomic E-state index is 0.0508. The molecule has 0 aliphatic rings. The van der Waals surface area contributed by atoms with Crippen molar-refractivity contribution in [3.05, 3.63) is 28.8 Å². The Labute approximate surface area is 127 Å². The van der Waals surface area contributed by atoms with Crippen LogP contribution in [0.15, 0.2) is 18.2 Å². The molecular weight excluding hydrogens is 272 g/mol. The number of ether oxygens (including phenoxy) is 1. The maximum absolute atomic E-state index is 7.54. The Hall–Kier alpha value is -1.22. The predicted molar refractivity (Wildman–Crippen MR) is 86.0 cm³/mol. The molecule has 3 nitrogen and oxygen atoms in total. The van der Waals surface area contributed by atoms with E-state index in [-0.39, 0.29) is 5.84 Å². The number of amidine groups is 1. The minimum atomic E-state index is -0.0508. The molecule has 1 rings (SSSR count). The lowest BCUT2D eigenvalue weighted by Gasteiger charge is -2.11. The Morgan fingerprint density at radius 2 is 1.80 bits per heavy atom. The fraction of sp³-hybridized carbons (Fsp3) is 0.562. The molecule has 0 fully saturated rings. The van der Waals surface area contributed by atoms with Crippen LogP contribution in [0.25, 0.3) is 0 Å². The zero-order valence-electron chi connectivity index (χ0n) is 12.3. The lowest BCUT2D eigenvalue weighted by atomic mass is 10.1. The van der Waals surface area contributed by atoms with Crippen molar-refractivity contribution in [3.63, 3.8) is 0 Å². The highest BCUT2D eigenvalue weighted by Crippen LogP contribution is 2.26. The molecule has 0 atom stereocenters. The van der Waals surface area contributed by atoms with Crippen LogP contribution in [0.5, 0.6) is 5.75 Å². The summed E-state index contributed by atoms with van der Waals surface area (Å²) in [5.74, 6) is 0.557. The van der Waals surface area contributed by atoms with Gasteiger partial charge in [0.1, 0.15) is 11.6 Å². The molecule has 0 aromatic heterocycles. The molecule has 0 amide bonds. The van der Waals surface area contributed by atoms with Crippen LogP contribution in [0, 0.1) is 5.41 Å².